The number of ether oxygens (including phenoxy) is 12. The van der Waals surface area contributed by atoms with Gasteiger partial charge in [-0.25, -0.2) is 0 Å². The summed E-state index contributed by atoms with van der Waals surface area (Å²) < 4.78 is 64.7. The van der Waals surface area contributed by atoms with Gasteiger partial charge in [-0.3, -0.25) is 0 Å². The number of allylic oxidation sites excluding steroid dienone is 4. The van der Waals surface area contributed by atoms with Crippen LogP contribution in [-0.2, 0) is 0 Å². The second-order valence-electron chi connectivity index (χ2n) is 20.0. The molecule has 0 radical (unpaired) electrons. The summed E-state index contributed by atoms with van der Waals surface area (Å²) in [4.78, 5) is 0. The fourth-order valence-electron chi connectivity index (χ4n) is 10.8. The predicted octanol–water partition coefficient (Wildman–Crippen LogP) is 16.8. The summed E-state index contributed by atoms with van der Waals surface area (Å²) in [7, 11) is 19.9. The first kappa shape index (κ1) is 62.7. The molecule has 12 nitrogen and oxygen atoms in total. The van der Waals surface area contributed by atoms with Crippen LogP contribution in [-0.4, -0.2) is 85.3 Å². The summed E-state index contributed by atoms with van der Waals surface area (Å²) in [6.07, 6.45) is 24.8. The standard InChI is InChI=1S/C24H30O4.C24H28O4.C24H24O4/c3*1-25-21-13-10-17(15-23(21)27-3)9-11-18-7-5-6-8-20(18)19-12-14-22(26-2)24(16-19)28-4/h9-16,18,20H,5-8H2,1-4H3;6,8-16,18,20H,5,7H2,1-4H3;5-16H,1-4H3/b3*11-9+. The summed E-state index contributed by atoms with van der Waals surface area (Å²) in [5, 5.41) is 0. The Kier molecular flexibility index (Phi) is 23.9. The van der Waals surface area contributed by atoms with Crippen LogP contribution in [0, 0.1) is 11.8 Å². The van der Waals surface area contributed by atoms with E-state index in [2.05, 4.69) is 91.1 Å². The lowest BCUT2D eigenvalue weighted by molar-refractivity contribution is 0.346. The van der Waals surface area contributed by atoms with Gasteiger partial charge in [-0.05, 0) is 161 Å². The summed E-state index contributed by atoms with van der Waals surface area (Å²) in [6, 6.07) is 44.5. The summed E-state index contributed by atoms with van der Waals surface area (Å²) in [5.74, 6) is 10.6. The Morgan fingerprint density at radius 2 is 0.738 bits per heavy atom. The highest BCUT2D eigenvalue weighted by molar-refractivity contribution is 5.82. The maximum Gasteiger partial charge on any atom is 0.161 e. The van der Waals surface area contributed by atoms with Gasteiger partial charge in [0.25, 0.3) is 0 Å². The molecule has 84 heavy (non-hydrogen) atoms. The fraction of sp³-hybridized carbons (Fsp3) is 0.306. The average molecular weight is 1140 g/mol. The first-order valence-corrected chi connectivity index (χ1v) is 28.2. The highest BCUT2D eigenvalue weighted by Crippen LogP contribution is 2.43. The van der Waals surface area contributed by atoms with Crippen LogP contribution in [0.5, 0.6) is 69.0 Å². The second-order valence-corrected chi connectivity index (χ2v) is 20.0. The Balaban J connectivity index is 0.000000181. The molecule has 7 aromatic carbocycles. The molecule has 2 aliphatic rings. The van der Waals surface area contributed by atoms with Crippen molar-refractivity contribution in [1.29, 1.82) is 0 Å². The summed E-state index contributed by atoms with van der Waals surface area (Å²) in [5.41, 5.74) is 9.07. The van der Waals surface area contributed by atoms with Gasteiger partial charge in [0.2, 0.25) is 0 Å². The van der Waals surface area contributed by atoms with Crippen molar-refractivity contribution in [2.45, 2.75) is 50.4 Å². The number of hydrogen-bond donors (Lipinski definition) is 0. The van der Waals surface area contributed by atoms with E-state index in [1.54, 1.807) is 85.3 Å². The predicted molar refractivity (Wildman–Crippen MR) is 339 cm³/mol. The Morgan fingerprint density at radius 3 is 1.25 bits per heavy atom. The zero-order chi connectivity index (χ0) is 59.8. The molecule has 0 N–H and O–H groups in total. The summed E-state index contributed by atoms with van der Waals surface area (Å²) >= 11 is 0. The molecule has 0 heterocycles. The Hall–Kier alpha value is -8.90. The first-order chi connectivity index (χ1) is 41.1. The van der Waals surface area contributed by atoms with Gasteiger partial charge in [-0.15, -0.1) is 0 Å². The Bertz CT molecular complexity index is 3340. The highest BCUT2D eigenvalue weighted by atomic mass is 16.5. The zero-order valence-electron chi connectivity index (χ0n) is 50.8. The quantitative estimate of drug-likeness (QED) is 0.0505. The van der Waals surface area contributed by atoms with Crippen molar-refractivity contribution >= 4 is 24.3 Å². The minimum Gasteiger partial charge on any atom is -0.493 e. The second kappa shape index (κ2) is 32.1. The minimum absolute atomic E-state index is 0.310. The SMILES string of the molecule is COc1ccc(/C=C/C2CCC=CC2c2ccc(OC)c(OC)c2)cc1OC.COc1ccc(/C=C/C2CCCCC2c2ccc(OC)c(OC)c2)cc1OC.COc1ccc(/C=C/c2ccccc2-c2ccc(OC)c(OC)c2)cc1OC. The van der Waals surface area contributed by atoms with E-state index >= 15 is 0 Å². The largest absolute Gasteiger partial charge is 0.493 e. The molecule has 9 rings (SSSR count). The van der Waals surface area contributed by atoms with Gasteiger partial charge in [0.15, 0.2) is 69.0 Å². The van der Waals surface area contributed by atoms with E-state index in [9.17, 15) is 0 Å². The lowest BCUT2D eigenvalue weighted by Gasteiger charge is -2.30. The van der Waals surface area contributed by atoms with Gasteiger partial charge in [0, 0.05) is 5.92 Å². The topological polar surface area (TPSA) is 111 Å². The maximum atomic E-state index is 5.51. The number of methoxy groups -OCH3 is 12. The molecule has 4 atom stereocenters. The molecule has 12 heteroatoms. The molecule has 2 aliphatic carbocycles. The van der Waals surface area contributed by atoms with Crippen LogP contribution in [0.3, 0.4) is 0 Å². The van der Waals surface area contributed by atoms with Crippen LogP contribution in [0.1, 0.15) is 83.7 Å². The summed E-state index contributed by atoms with van der Waals surface area (Å²) in [6.45, 7) is 0. The molecule has 0 saturated heterocycles. The molecular weight excluding hydrogens is 1060 g/mol. The minimum atomic E-state index is 0.310. The third-order valence-electron chi connectivity index (χ3n) is 15.3. The average Bonchev–Trinajstić information content (AvgIpc) is 3.63. The van der Waals surface area contributed by atoms with Gasteiger partial charge in [-0.2, -0.15) is 0 Å². The van der Waals surface area contributed by atoms with Crippen molar-refractivity contribution in [1.82, 2.24) is 0 Å². The van der Waals surface area contributed by atoms with Gasteiger partial charge in [0.1, 0.15) is 0 Å². The normalized spacial score (nSPS) is 16.3. The van der Waals surface area contributed by atoms with E-state index < -0.39 is 0 Å². The maximum absolute atomic E-state index is 5.51. The molecule has 442 valence electrons. The van der Waals surface area contributed by atoms with Crippen molar-refractivity contribution in [2.24, 2.45) is 11.8 Å². The smallest absolute Gasteiger partial charge is 0.161 e. The third kappa shape index (κ3) is 16.2. The Labute approximate surface area is 497 Å². The van der Waals surface area contributed by atoms with Gasteiger partial charge >= 0.3 is 0 Å². The lowest BCUT2D eigenvalue weighted by Crippen LogP contribution is -2.16. The zero-order valence-corrected chi connectivity index (χ0v) is 50.8. The molecule has 1 fully saturated rings. The monoisotopic (exact) mass is 1140 g/mol. The lowest BCUT2D eigenvalue weighted by atomic mass is 9.75. The van der Waals surface area contributed by atoms with Crippen LogP contribution in [0.15, 0.2) is 158 Å². The van der Waals surface area contributed by atoms with Crippen LogP contribution < -0.4 is 56.8 Å². The number of hydrogen-bond acceptors (Lipinski definition) is 12. The molecule has 0 aromatic heterocycles. The van der Waals surface area contributed by atoms with E-state index in [0.717, 1.165) is 92.2 Å². The molecular formula is C72H82O12. The number of benzene rings is 7. The molecule has 0 amide bonds. The van der Waals surface area contributed by atoms with Crippen LogP contribution in [0.4, 0.5) is 0 Å². The molecule has 0 bridgehead atoms. The van der Waals surface area contributed by atoms with Crippen LogP contribution in [0.2, 0.25) is 0 Å². The molecule has 0 spiro atoms. The molecule has 7 aromatic rings. The van der Waals surface area contributed by atoms with E-state index in [-0.39, 0.29) is 0 Å². The van der Waals surface area contributed by atoms with Crippen molar-refractivity contribution in [2.75, 3.05) is 85.3 Å². The van der Waals surface area contributed by atoms with Crippen molar-refractivity contribution < 1.29 is 56.8 Å². The highest BCUT2D eigenvalue weighted by Gasteiger charge is 2.26. The number of rotatable bonds is 21. The van der Waals surface area contributed by atoms with E-state index in [0.29, 0.717) is 46.7 Å². The van der Waals surface area contributed by atoms with Crippen molar-refractivity contribution in [3.8, 4) is 80.1 Å². The van der Waals surface area contributed by atoms with Crippen molar-refractivity contribution in [3.05, 3.63) is 191 Å². The van der Waals surface area contributed by atoms with E-state index in [4.69, 9.17) is 56.8 Å². The Morgan fingerprint density at radius 1 is 0.333 bits per heavy atom. The van der Waals surface area contributed by atoms with Crippen molar-refractivity contribution in [3.63, 3.8) is 0 Å². The van der Waals surface area contributed by atoms with Gasteiger partial charge in [0.05, 0.1) is 85.3 Å². The molecule has 1 saturated carbocycles. The fourth-order valence-corrected chi connectivity index (χ4v) is 10.8. The van der Waals surface area contributed by atoms with E-state index in [1.807, 2.05) is 91.0 Å². The molecule has 4 unspecified atom stereocenters. The van der Waals surface area contributed by atoms with Gasteiger partial charge < -0.3 is 56.8 Å². The van der Waals surface area contributed by atoms with Crippen LogP contribution in [0.25, 0.3) is 35.4 Å². The molecule has 0 aliphatic heterocycles. The first-order valence-electron chi connectivity index (χ1n) is 28.2. The van der Waals surface area contributed by atoms with Gasteiger partial charge in [-0.1, -0.05) is 122 Å². The third-order valence-corrected chi connectivity index (χ3v) is 15.3. The van der Waals surface area contributed by atoms with Crippen LogP contribution >= 0.6 is 0 Å². The van der Waals surface area contributed by atoms with E-state index in [1.165, 1.54) is 36.8 Å².